The largest absolute Gasteiger partial charge is 0.333 e. The Morgan fingerprint density at radius 2 is 1.77 bits per heavy atom. The van der Waals surface area contributed by atoms with Gasteiger partial charge in [-0.05, 0) is 67.1 Å². The van der Waals surface area contributed by atoms with Crippen LogP contribution < -0.4 is 5.32 Å². The van der Waals surface area contributed by atoms with E-state index in [-0.39, 0.29) is 11.8 Å². The van der Waals surface area contributed by atoms with Crippen LogP contribution in [0.4, 0.5) is 5.69 Å². The Kier molecular flexibility index (Phi) is 4.81. The van der Waals surface area contributed by atoms with E-state index in [0.29, 0.717) is 18.8 Å². The average molecular weight is 412 g/mol. The Labute approximate surface area is 182 Å². The molecule has 0 spiro atoms. The lowest BCUT2D eigenvalue weighted by Crippen LogP contribution is -2.36. The molecule has 2 aromatic carbocycles. The fourth-order valence-electron chi connectivity index (χ4n) is 4.41. The molecule has 1 aliphatic carbocycles. The number of nitrogens with zero attached hydrogens (tertiary/aromatic N) is 2. The van der Waals surface area contributed by atoms with Gasteiger partial charge in [-0.15, -0.1) is 0 Å². The Bertz CT molecular complexity index is 1150. The van der Waals surface area contributed by atoms with Crippen molar-refractivity contribution in [3.8, 4) is 0 Å². The second-order valence-electron chi connectivity index (χ2n) is 8.53. The van der Waals surface area contributed by atoms with Crippen LogP contribution >= 0.6 is 0 Å². The zero-order chi connectivity index (χ0) is 21.4. The summed E-state index contributed by atoms with van der Waals surface area (Å²) in [6, 6.07) is 21.6. The second-order valence-corrected chi connectivity index (χ2v) is 8.53. The van der Waals surface area contributed by atoms with Crippen LogP contribution in [0.15, 0.2) is 66.7 Å². The molecule has 2 heterocycles. The molecule has 2 aliphatic rings. The lowest BCUT2D eigenvalue weighted by Gasteiger charge is -2.29. The van der Waals surface area contributed by atoms with Gasteiger partial charge in [-0.3, -0.25) is 9.59 Å². The first-order chi connectivity index (χ1) is 15.0. The maximum atomic E-state index is 13.1. The fourth-order valence-corrected chi connectivity index (χ4v) is 4.41. The van der Waals surface area contributed by atoms with Gasteiger partial charge in [0.05, 0.1) is 5.41 Å². The Balaban J connectivity index is 1.33. The number of anilines is 1. The molecular weight excluding hydrogens is 386 g/mol. The van der Waals surface area contributed by atoms with Gasteiger partial charge in [-0.25, -0.2) is 4.98 Å². The fraction of sp³-hybridized carbons (Fsp3) is 0.269. The van der Waals surface area contributed by atoms with Crippen molar-refractivity contribution in [1.29, 1.82) is 0 Å². The van der Waals surface area contributed by atoms with Crippen molar-refractivity contribution in [3.05, 3.63) is 94.8 Å². The van der Waals surface area contributed by atoms with Gasteiger partial charge in [-0.1, -0.05) is 42.5 Å². The van der Waals surface area contributed by atoms with Gasteiger partial charge >= 0.3 is 0 Å². The SMILES string of the molecule is Cc1cccc(C(=O)N2CCc3ccc(NC(=O)C4(c5ccccc5)CC4)cc3C2)n1. The van der Waals surface area contributed by atoms with E-state index in [1.807, 2.05) is 66.4 Å². The highest BCUT2D eigenvalue weighted by atomic mass is 16.2. The zero-order valence-electron chi connectivity index (χ0n) is 17.6. The van der Waals surface area contributed by atoms with Crippen LogP contribution in [0, 0.1) is 6.92 Å². The first-order valence-electron chi connectivity index (χ1n) is 10.8. The number of fused-ring (bicyclic) bond motifs is 1. The van der Waals surface area contributed by atoms with Crippen molar-refractivity contribution in [2.75, 3.05) is 11.9 Å². The highest BCUT2D eigenvalue weighted by molar-refractivity contribution is 6.01. The molecule has 5 heteroatoms. The normalized spacial score (nSPS) is 16.4. The van der Waals surface area contributed by atoms with Crippen LogP contribution in [0.25, 0.3) is 0 Å². The molecular formula is C26H25N3O2. The lowest BCUT2D eigenvalue weighted by molar-refractivity contribution is -0.118. The highest BCUT2D eigenvalue weighted by Crippen LogP contribution is 2.49. The molecule has 0 atom stereocenters. The van der Waals surface area contributed by atoms with E-state index in [1.54, 1.807) is 6.07 Å². The van der Waals surface area contributed by atoms with E-state index in [9.17, 15) is 9.59 Å². The summed E-state index contributed by atoms with van der Waals surface area (Å²) in [4.78, 5) is 32.2. The molecule has 156 valence electrons. The van der Waals surface area contributed by atoms with E-state index < -0.39 is 5.41 Å². The molecule has 1 N–H and O–H groups in total. The molecule has 2 amide bonds. The first-order valence-corrected chi connectivity index (χ1v) is 10.8. The van der Waals surface area contributed by atoms with E-state index in [0.717, 1.165) is 41.8 Å². The van der Waals surface area contributed by atoms with Gasteiger partial charge in [0.25, 0.3) is 5.91 Å². The number of carbonyl (C=O) groups excluding carboxylic acids is 2. The van der Waals surface area contributed by atoms with E-state index in [4.69, 9.17) is 0 Å². The van der Waals surface area contributed by atoms with Gasteiger partial charge in [-0.2, -0.15) is 0 Å². The standard InChI is InChI=1S/C26H25N3O2/c1-18-6-5-9-23(27-18)24(30)29-15-12-19-10-11-22(16-20(19)17-29)28-25(31)26(13-14-26)21-7-3-2-4-8-21/h2-11,16H,12-15,17H2,1H3,(H,28,31). The highest BCUT2D eigenvalue weighted by Gasteiger charge is 2.51. The molecule has 5 nitrogen and oxygen atoms in total. The van der Waals surface area contributed by atoms with Crippen molar-refractivity contribution in [2.45, 2.75) is 38.1 Å². The van der Waals surface area contributed by atoms with Gasteiger partial charge in [0, 0.05) is 24.5 Å². The molecule has 0 unspecified atom stereocenters. The summed E-state index contributed by atoms with van der Waals surface area (Å²) in [5.74, 6) is -0.00356. The van der Waals surface area contributed by atoms with Crippen molar-refractivity contribution in [3.63, 3.8) is 0 Å². The van der Waals surface area contributed by atoms with Crippen LogP contribution in [0.5, 0.6) is 0 Å². The van der Waals surface area contributed by atoms with Crippen LogP contribution in [0.3, 0.4) is 0 Å². The quantitative estimate of drug-likeness (QED) is 0.698. The molecule has 3 aromatic rings. The summed E-state index contributed by atoms with van der Waals surface area (Å²) in [5, 5.41) is 3.12. The van der Waals surface area contributed by atoms with Crippen LogP contribution in [-0.2, 0) is 23.2 Å². The van der Waals surface area contributed by atoms with Crippen LogP contribution in [0.2, 0.25) is 0 Å². The third-order valence-corrected chi connectivity index (χ3v) is 6.38. The molecule has 1 aliphatic heterocycles. The summed E-state index contributed by atoms with van der Waals surface area (Å²) in [6.07, 6.45) is 2.55. The number of nitrogens with one attached hydrogen (secondary N) is 1. The minimum absolute atomic E-state index is 0.0475. The van der Waals surface area contributed by atoms with Crippen molar-refractivity contribution < 1.29 is 9.59 Å². The third-order valence-electron chi connectivity index (χ3n) is 6.38. The van der Waals surface area contributed by atoms with Crippen LogP contribution in [-0.4, -0.2) is 28.2 Å². The minimum atomic E-state index is -0.407. The molecule has 1 aromatic heterocycles. The van der Waals surface area contributed by atoms with Gasteiger partial charge in [0.2, 0.25) is 5.91 Å². The summed E-state index contributed by atoms with van der Waals surface area (Å²) >= 11 is 0. The summed E-state index contributed by atoms with van der Waals surface area (Å²) in [6.45, 7) is 3.08. The first kappa shape index (κ1) is 19.5. The number of hydrogen-bond donors (Lipinski definition) is 1. The van der Waals surface area contributed by atoms with Gasteiger partial charge in [0.15, 0.2) is 0 Å². The summed E-state index contributed by atoms with van der Waals surface area (Å²) in [7, 11) is 0. The minimum Gasteiger partial charge on any atom is -0.333 e. The number of hydrogen-bond acceptors (Lipinski definition) is 3. The second kappa shape index (κ2) is 7.65. The zero-order valence-corrected chi connectivity index (χ0v) is 17.6. The van der Waals surface area contributed by atoms with E-state index >= 15 is 0 Å². The molecule has 1 saturated carbocycles. The smallest absolute Gasteiger partial charge is 0.272 e. The molecule has 31 heavy (non-hydrogen) atoms. The van der Waals surface area contributed by atoms with Gasteiger partial charge in [0.1, 0.15) is 5.69 Å². The van der Waals surface area contributed by atoms with Crippen molar-refractivity contribution >= 4 is 17.5 Å². The topological polar surface area (TPSA) is 62.3 Å². The van der Waals surface area contributed by atoms with E-state index in [1.165, 1.54) is 5.56 Å². The summed E-state index contributed by atoms with van der Waals surface area (Å²) < 4.78 is 0. The molecule has 0 radical (unpaired) electrons. The molecule has 0 saturated heterocycles. The number of amides is 2. The Morgan fingerprint density at radius 3 is 2.52 bits per heavy atom. The van der Waals surface area contributed by atoms with Crippen LogP contribution in [0.1, 0.15) is 45.7 Å². The molecule has 5 rings (SSSR count). The summed E-state index contributed by atoms with van der Waals surface area (Å²) in [5.41, 5.74) is 5.07. The predicted octanol–water partition coefficient (Wildman–Crippen LogP) is 4.26. The van der Waals surface area contributed by atoms with Crippen molar-refractivity contribution in [2.24, 2.45) is 0 Å². The lowest BCUT2D eigenvalue weighted by atomic mass is 9.94. The maximum absolute atomic E-state index is 13.1. The number of rotatable bonds is 4. The van der Waals surface area contributed by atoms with Gasteiger partial charge < -0.3 is 10.2 Å². The molecule has 0 bridgehead atoms. The third kappa shape index (κ3) is 3.72. The Morgan fingerprint density at radius 1 is 0.968 bits per heavy atom. The molecule has 1 fully saturated rings. The average Bonchev–Trinajstić information content (AvgIpc) is 3.61. The number of aromatic nitrogens is 1. The number of benzene rings is 2. The number of pyridine rings is 1. The predicted molar refractivity (Wildman–Crippen MR) is 120 cm³/mol. The maximum Gasteiger partial charge on any atom is 0.272 e. The van der Waals surface area contributed by atoms with Crippen molar-refractivity contribution in [1.82, 2.24) is 9.88 Å². The number of carbonyl (C=O) groups is 2. The monoisotopic (exact) mass is 411 g/mol. The Hall–Kier alpha value is -3.47. The number of aryl methyl sites for hydroxylation is 1. The van der Waals surface area contributed by atoms with E-state index in [2.05, 4.69) is 16.4 Å².